The molecule has 24 heavy (non-hydrogen) atoms. The van der Waals surface area contributed by atoms with E-state index in [1.165, 1.54) is 37.4 Å². The van der Waals surface area contributed by atoms with Gasteiger partial charge in [0.2, 0.25) is 15.5 Å². The minimum Gasteiger partial charge on any atom is -0.478 e. The Morgan fingerprint density at radius 2 is 1.88 bits per heavy atom. The average molecular weight is 347 g/mol. The van der Waals surface area contributed by atoms with Crippen molar-refractivity contribution in [1.29, 1.82) is 0 Å². The Morgan fingerprint density at radius 1 is 1.17 bits per heavy atom. The van der Waals surface area contributed by atoms with E-state index in [1.807, 2.05) is 0 Å². The largest absolute Gasteiger partial charge is 0.478 e. The van der Waals surface area contributed by atoms with Crippen molar-refractivity contribution in [3.63, 3.8) is 0 Å². The molecule has 0 aliphatic carbocycles. The highest BCUT2D eigenvalue weighted by atomic mass is 32.2. The van der Waals surface area contributed by atoms with Crippen LogP contribution in [-0.2, 0) is 10.0 Å². The Labute approximate surface area is 136 Å². The van der Waals surface area contributed by atoms with E-state index in [9.17, 15) is 18.0 Å². The summed E-state index contributed by atoms with van der Waals surface area (Å²) in [5.41, 5.74) is 0.466. The van der Waals surface area contributed by atoms with Crippen molar-refractivity contribution in [3.8, 4) is 0 Å². The zero-order valence-electron chi connectivity index (χ0n) is 12.8. The van der Waals surface area contributed by atoms with Crippen LogP contribution >= 0.6 is 0 Å². The van der Waals surface area contributed by atoms with Gasteiger partial charge in [0.15, 0.2) is 0 Å². The van der Waals surface area contributed by atoms with Crippen LogP contribution in [0.2, 0.25) is 0 Å². The molecule has 124 valence electrons. The number of aryl methyl sites for hydroxylation is 1. The number of hydrogen-bond donors (Lipinski definition) is 2. The summed E-state index contributed by atoms with van der Waals surface area (Å²) in [7, 11) is -2.45. The first-order valence-corrected chi connectivity index (χ1v) is 8.41. The van der Waals surface area contributed by atoms with Gasteiger partial charge in [0.25, 0.3) is 0 Å². The molecule has 2 aromatic carbocycles. The van der Waals surface area contributed by atoms with Crippen molar-refractivity contribution in [2.75, 3.05) is 7.05 Å². The van der Waals surface area contributed by atoms with Gasteiger partial charge < -0.3 is 9.52 Å². The second-order valence-electron chi connectivity index (χ2n) is 5.27. The third-order valence-electron chi connectivity index (χ3n) is 3.75. The second kappa shape index (κ2) is 5.43. The van der Waals surface area contributed by atoms with Gasteiger partial charge in [-0.3, -0.25) is 4.79 Å². The highest BCUT2D eigenvalue weighted by Crippen LogP contribution is 2.25. The van der Waals surface area contributed by atoms with E-state index in [0.29, 0.717) is 5.56 Å². The molecule has 2 N–H and O–H groups in total. The van der Waals surface area contributed by atoms with Gasteiger partial charge in [-0.05, 0) is 49.9 Å². The molecule has 0 atom stereocenters. The first-order valence-electron chi connectivity index (χ1n) is 6.92. The van der Waals surface area contributed by atoms with E-state index in [2.05, 4.69) is 4.72 Å². The minimum atomic E-state index is -3.73. The topological polar surface area (TPSA) is 114 Å². The summed E-state index contributed by atoms with van der Waals surface area (Å²) in [5.74, 6) is -1.17. The highest BCUT2D eigenvalue weighted by Gasteiger charge is 2.18. The Bertz CT molecular complexity index is 1160. The number of fused-ring (bicyclic) bond motifs is 2. The van der Waals surface area contributed by atoms with Crippen molar-refractivity contribution in [2.24, 2.45) is 0 Å². The van der Waals surface area contributed by atoms with Gasteiger partial charge in [-0.15, -0.1) is 0 Å². The van der Waals surface area contributed by atoms with Crippen LogP contribution in [0.1, 0.15) is 15.9 Å². The zero-order valence-corrected chi connectivity index (χ0v) is 13.6. The molecule has 3 rings (SSSR count). The number of benzene rings is 2. The van der Waals surface area contributed by atoms with Crippen molar-refractivity contribution >= 4 is 37.9 Å². The lowest BCUT2D eigenvalue weighted by Gasteiger charge is -2.08. The predicted octanol–water partition coefficient (Wildman–Crippen LogP) is 1.86. The first-order chi connectivity index (χ1) is 11.2. The van der Waals surface area contributed by atoms with E-state index in [-0.39, 0.29) is 32.4 Å². The van der Waals surface area contributed by atoms with Crippen molar-refractivity contribution < 1.29 is 22.7 Å². The Morgan fingerprint density at radius 3 is 2.50 bits per heavy atom. The molecule has 0 aliphatic heterocycles. The van der Waals surface area contributed by atoms with E-state index >= 15 is 0 Å². The van der Waals surface area contributed by atoms with Crippen LogP contribution in [0.15, 0.2) is 44.4 Å². The lowest BCUT2D eigenvalue weighted by Crippen LogP contribution is -2.19. The Kier molecular flexibility index (Phi) is 3.66. The third-order valence-corrected chi connectivity index (χ3v) is 5.15. The maximum atomic E-state index is 12.7. The fraction of sp³-hybridized carbons (Fsp3) is 0.125. The minimum absolute atomic E-state index is 0.0510. The summed E-state index contributed by atoms with van der Waals surface area (Å²) in [6.45, 7) is 1.64. The van der Waals surface area contributed by atoms with E-state index in [0.717, 1.165) is 0 Å². The van der Waals surface area contributed by atoms with Gasteiger partial charge in [0, 0.05) is 0 Å². The van der Waals surface area contributed by atoms with Gasteiger partial charge in [-0.1, -0.05) is 0 Å². The van der Waals surface area contributed by atoms with E-state index in [1.54, 1.807) is 6.92 Å². The van der Waals surface area contributed by atoms with Crippen molar-refractivity contribution in [2.45, 2.75) is 11.8 Å². The summed E-state index contributed by atoms with van der Waals surface area (Å²) in [4.78, 5) is 23.7. The maximum absolute atomic E-state index is 12.7. The second-order valence-corrected chi connectivity index (χ2v) is 7.16. The first kappa shape index (κ1) is 16.2. The molecule has 3 aromatic rings. The lowest BCUT2D eigenvalue weighted by molar-refractivity contribution is 0.0697. The molecule has 0 radical (unpaired) electrons. The number of rotatable bonds is 3. The molecule has 0 aliphatic rings. The number of aromatic carboxylic acids is 1. The van der Waals surface area contributed by atoms with Crippen LogP contribution in [-0.4, -0.2) is 26.5 Å². The van der Waals surface area contributed by atoms with Gasteiger partial charge in [0.05, 0.1) is 21.2 Å². The van der Waals surface area contributed by atoms with Crippen LogP contribution in [0.5, 0.6) is 0 Å². The molecule has 0 fully saturated rings. The standard InChI is InChI=1S/C16H13NO6S/c1-8-5-10(24(21,22)17-2)7-12-14(18)11-6-9(16(19)20)3-4-13(11)23-15(8)12/h3-7,17H,1-2H3,(H,19,20). The van der Waals surface area contributed by atoms with Gasteiger partial charge in [0.1, 0.15) is 11.2 Å². The number of carboxylic acid groups (broad SMARTS) is 1. The highest BCUT2D eigenvalue weighted by molar-refractivity contribution is 7.89. The summed E-state index contributed by atoms with van der Waals surface area (Å²) in [6, 6.07) is 6.62. The number of hydrogen-bond acceptors (Lipinski definition) is 5. The molecule has 0 spiro atoms. The maximum Gasteiger partial charge on any atom is 0.335 e. The van der Waals surface area contributed by atoms with Crippen molar-refractivity contribution in [3.05, 3.63) is 51.7 Å². The molecule has 0 saturated heterocycles. The molecule has 7 nitrogen and oxygen atoms in total. The van der Waals surface area contributed by atoms with Crippen molar-refractivity contribution in [1.82, 2.24) is 4.72 Å². The summed E-state index contributed by atoms with van der Waals surface area (Å²) in [5, 5.41) is 9.22. The molecular formula is C16H13NO6S. The van der Waals surface area contributed by atoms with Crippen LogP contribution in [0.25, 0.3) is 21.9 Å². The van der Waals surface area contributed by atoms with E-state index in [4.69, 9.17) is 9.52 Å². The number of nitrogens with one attached hydrogen (secondary N) is 1. The van der Waals surface area contributed by atoms with Gasteiger partial charge >= 0.3 is 5.97 Å². The molecule has 8 heteroatoms. The monoisotopic (exact) mass is 347 g/mol. The summed E-state index contributed by atoms with van der Waals surface area (Å²) < 4.78 is 31.9. The summed E-state index contributed by atoms with van der Waals surface area (Å²) >= 11 is 0. The van der Waals surface area contributed by atoms with Crippen LogP contribution in [0, 0.1) is 6.92 Å². The fourth-order valence-corrected chi connectivity index (χ4v) is 3.34. The Hall–Kier alpha value is -2.71. The zero-order chi connectivity index (χ0) is 17.6. The molecule has 0 amide bonds. The molecule has 0 saturated carbocycles. The third kappa shape index (κ3) is 2.45. The average Bonchev–Trinajstić information content (AvgIpc) is 2.55. The van der Waals surface area contributed by atoms with Crippen LogP contribution in [0.3, 0.4) is 0 Å². The molecule has 1 aromatic heterocycles. The number of sulfonamides is 1. The van der Waals surface area contributed by atoms with Crippen LogP contribution < -0.4 is 10.2 Å². The number of carboxylic acids is 1. The molecule has 0 unspecified atom stereocenters. The van der Waals surface area contributed by atoms with E-state index < -0.39 is 21.4 Å². The fourth-order valence-electron chi connectivity index (χ4n) is 2.50. The number of carbonyl (C=O) groups is 1. The molecule has 1 heterocycles. The predicted molar refractivity (Wildman–Crippen MR) is 87.9 cm³/mol. The Balaban J connectivity index is 2.46. The molecule has 0 bridgehead atoms. The summed E-state index contributed by atoms with van der Waals surface area (Å²) in [6.07, 6.45) is 0. The molecular weight excluding hydrogens is 334 g/mol. The van der Waals surface area contributed by atoms with Gasteiger partial charge in [-0.2, -0.15) is 0 Å². The normalized spacial score (nSPS) is 11.9. The lowest BCUT2D eigenvalue weighted by atomic mass is 10.1. The SMILES string of the molecule is CNS(=O)(=O)c1cc(C)c2oc3ccc(C(=O)O)cc3c(=O)c2c1. The smallest absolute Gasteiger partial charge is 0.335 e. The quantitative estimate of drug-likeness (QED) is 0.699. The van der Waals surface area contributed by atoms with Gasteiger partial charge in [-0.25, -0.2) is 17.9 Å². The van der Waals surface area contributed by atoms with Crippen LogP contribution in [0.4, 0.5) is 0 Å².